The molecular formula is C23H33N5O9. The number of aliphatic hydroxyl groups is 1. The van der Waals surface area contributed by atoms with Gasteiger partial charge >= 0.3 is 11.9 Å². The van der Waals surface area contributed by atoms with E-state index in [1.807, 2.05) is 0 Å². The molecule has 204 valence electrons. The second kappa shape index (κ2) is 15.2. The number of carbonyl (C=O) groups is 6. The molecule has 0 aliphatic heterocycles. The number of benzene rings is 1. The van der Waals surface area contributed by atoms with Crippen molar-refractivity contribution in [2.24, 2.45) is 11.5 Å². The maximum absolute atomic E-state index is 13.1. The van der Waals surface area contributed by atoms with Gasteiger partial charge in [-0.2, -0.15) is 0 Å². The minimum absolute atomic E-state index is 0.0703. The van der Waals surface area contributed by atoms with Crippen molar-refractivity contribution < 1.29 is 44.1 Å². The van der Waals surface area contributed by atoms with Crippen LogP contribution in [0.4, 0.5) is 0 Å². The number of hydrogen-bond donors (Lipinski definition) is 8. The highest BCUT2D eigenvalue weighted by atomic mass is 16.4. The quantitative estimate of drug-likeness (QED) is 0.114. The van der Waals surface area contributed by atoms with Crippen LogP contribution < -0.4 is 27.4 Å². The molecule has 0 aliphatic carbocycles. The summed E-state index contributed by atoms with van der Waals surface area (Å²) in [6, 6.07) is 2.85. The van der Waals surface area contributed by atoms with Crippen LogP contribution in [0.25, 0.3) is 0 Å². The highest BCUT2D eigenvalue weighted by Crippen LogP contribution is 2.07. The van der Waals surface area contributed by atoms with E-state index in [1.165, 1.54) is 6.92 Å². The molecule has 14 heteroatoms. The minimum Gasteiger partial charge on any atom is -0.481 e. The number of hydrogen-bond acceptors (Lipinski definition) is 8. The van der Waals surface area contributed by atoms with Crippen molar-refractivity contribution in [2.75, 3.05) is 0 Å². The fraction of sp³-hybridized carbons (Fsp3) is 0.478. The predicted octanol–water partition coefficient (Wildman–Crippen LogP) is -2.39. The molecule has 0 saturated carbocycles. The average Bonchev–Trinajstić information content (AvgIpc) is 2.82. The number of amides is 4. The first-order valence-electron chi connectivity index (χ1n) is 11.4. The summed E-state index contributed by atoms with van der Waals surface area (Å²) in [5, 5.41) is 34.7. The van der Waals surface area contributed by atoms with Gasteiger partial charge in [-0.25, -0.2) is 4.79 Å². The van der Waals surface area contributed by atoms with E-state index in [4.69, 9.17) is 16.6 Å². The van der Waals surface area contributed by atoms with E-state index in [2.05, 4.69) is 16.0 Å². The Kier molecular flexibility index (Phi) is 12.7. The molecule has 5 atom stereocenters. The van der Waals surface area contributed by atoms with Gasteiger partial charge in [0, 0.05) is 19.3 Å². The fourth-order valence-electron chi connectivity index (χ4n) is 3.22. The molecule has 0 aromatic heterocycles. The number of nitrogens with two attached hydrogens (primary N) is 2. The lowest BCUT2D eigenvalue weighted by atomic mass is 10.0. The number of aliphatic hydroxyl groups excluding tert-OH is 1. The predicted molar refractivity (Wildman–Crippen MR) is 129 cm³/mol. The second-order valence-electron chi connectivity index (χ2n) is 8.42. The smallest absolute Gasteiger partial charge is 0.328 e. The third kappa shape index (κ3) is 11.5. The molecule has 0 spiro atoms. The SMILES string of the molecule is CC(O)C(NC(=O)C(Cc1ccccc1)NC(=O)C(CCC(N)=O)NC(=O)C(N)CCC(=O)O)C(=O)O. The van der Waals surface area contributed by atoms with Gasteiger partial charge in [0.2, 0.25) is 23.6 Å². The Labute approximate surface area is 212 Å². The standard InChI is InChI=1S/C23H33N5O9/c1-12(29)19(23(36)37)28-22(35)16(11-13-5-3-2-4-6-13)27-21(34)15(8-9-17(25)30)26-20(33)14(24)7-10-18(31)32/h2-6,12,14-16,19,29H,7-11,24H2,1H3,(H2,25,30)(H,26,33)(H,27,34)(H,28,35)(H,31,32)(H,36,37). The third-order valence-electron chi connectivity index (χ3n) is 5.28. The number of carbonyl (C=O) groups excluding carboxylic acids is 4. The summed E-state index contributed by atoms with van der Waals surface area (Å²) in [6.07, 6.45) is -2.66. The summed E-state index contributed by atoms with van der Waals surface area (Å²) in [4.78, 5) is 71.9. The van der Waals surface area contributed by atoms with E-state index in [0.29, 0.717) is 5.56 Å². The van der Waals surface area contributed by atoms with Gasteiger partial charge in [-0.05, 0) is 25.3 Å². The van der Waals surface area contributed by atoms with Crippen molar-refractivity contribution in [3.8, 4) is 0 Å². The zero-order valence-electron chi connectivity index (χ0n) is 20.3. The van der Waals surface area contributed by atoms with E-state index in [-0.39, 0.29) is 32.1 Å². The topological polar surface area (TPSA) is 251 Å². The summed E-state index contributed by atoms with van der Waals surface area (Å²) < 4.78 is 0. The molecule has 0 aliphatic rings. The largest absolute Gasteiger partial charge is 0.481 e. The molecule has 5 unspecified atom stereocenters. The molecule has 0 heterocycles. The first-order chi connectivity index (χ1) is 17.3. The Morgan fingerprint density at radius 1 is 0.838 bits per heavy atom. The Bertz CT molecular complexity index is 971. The Balaban J connectivity index is 3.12. The van der Waals surface area contributed by atoms with Crippen molar-refractivity contribution in [1.29, 1.82) is 0 Å². The molecule has 0 fully saturated rings. The highest BCUT2D eigenvalue weighted by molar-refractivity contribution is 5.94. The van der Waals surface area contributed by atoms with Gasteiger partial charge < -0.3 is 42.7 Å². The van der Waals surface area contributed by atoms with Gasteiger partial charge in [-0.1, -0.05) is 30.3 Å². The Morgan fingerprint density at radius 2 is 1.41 bits per heavy atom. The summed E-state index contributed by atoms with van der Waals surface area (Å²) in [6.45, 7) is 1.17. The van der Waals surface area contributed by atoms with Gasteiger partial charge in [0.25, 0.3) is 0 Å². The number of rotatable bonds is 16. The third-order valence-corrected chi connectivity index (χ3v) is 5.28. The summed E-state index contributed by atoms with van der Waals surface area (Å²) in [5.74, 6) is -6.08. The van der Waals surface area contributed by atoms with E-state index in [9.17, 15) is 39.0 Å². The number of carboxylic acids is 2. The molecule has 10 N–H and O–H groups in total. The molecule has 1 aromatic carbocycles. The zero-order valence-corrected chi connectivity index (χ0v) is 20.3. The van der Waals surface area contributed by atoms with Crippen molar-refractivity contribution >= 4 is 35.6 Å². The molecular weight excluding hydrogens is 490 g/mol. The fourth-order valence-corrected chi connectivity index (χ4v) is 3.22. The maximum atomic E-state index is 13.1. The summed E-state index contributed by atoms with van der Waals surface area (Å²) in [7, 11) is 0. The minimum atomic E-state index is -1.65. The average molecular weight is 524 g/mol. The van der Waals surface area contributed by atoms with Gasteiger partial charge in [-0.3, -0.25) is 24.0 Å². The van der Waals surface area contributed by atoms with Crippen LogP contribution in [0.1, 0.15) is 38.2 Å². The van der Waals surface area contributed by atoms with Crippen LogP contribution in [-0.2, 0) is 35.2 Å². The van der Waals surface area contributed by atoms with Gasteiger partial charge in [0.1, 0.15) is 12.1 Å². The molecule has 1 rings (SSSR count). The first-order valence-corrected chi connectivity index (χ1v) is 11.4. The molecule has 37 heavy (non-hydrogen) atoms. The first kappa shape index (κ1) is 31.0. The van der Waals surface area contributed by atoms with Crippen LogP contribution in [0.5, 0.6) is 0 Å². The Morgan fingerprint density at radius 3 is 1.92 bits per heavy atom. The van der Waals surface area contributed by atoms with E-state index in [0.717, 1.165) is 0 Å². The lowest BCUT2D eigenvalue weighted by Gasteiger charge is -2.26. The molecule has 0 saturated heterocycles. The molecule has 14 nitrogen and oxygen atoms in total. The van der Waals surface area contributed by atoms with Gasteiger partial charge in [0.15, 0.2) is 6.04 Å². The Hall–Kier alpha value is -4.04. The summed E-state index contributed by atoms with van der Waals surface area (Å²) in [5.41, 5.74) is 11.5. The lowest BCUT2D eigenvalue weighted by molar-refractivity contribution is -0.145. The van der Waals surface area contributed by atoms with Crippen molar-refractivity contribution in [3.63, 3.8) is 0 Å². The molecule has 0 radical (unpaired) electrons. The molecule has 4 amide bonds. The second-order valence-corrected chi connectivity index (χ2v) is 8.42. The van der Waals surface area contributed by atoms with E-state index >= 15 is 0 Å². The van der Waals surface area contributed by atoms with Crippen LogP contribution in [-0.4, -0.2) is 81.2 Å². The van der Waals surface area contributed by atoms with Crippen LogP contribution in [0, 0.1) is 0 Å². The van der Waals surface area contributed by atoms with Crippen molar-refractivity contribution in [3.05, 3.63) is 35.9 Å². The van der Waals surface area contributed by atoms with Crippen LogP contribution in [0.15, 0.2) is 30.3 Å². The summed E-state index contributed by atoms with van der Waals surface area (Å²) >= 11 is 0. The number of primary amides is 1. The van der Waals surface area contributed by atoms with Crippen LogP contribution >= 0.6 is 0 Å². The normalized spacial score (nSPS) is 14.8. The van der Waals surface area contributed by atoms with Crippen LogP contribution in [0.2, 0.25) is 0 Å². The molecule has 1 aromatic rings. The molecule has 0 bridgehead atoms. The van der Waals surface area contributed by atoms with Crippen LogP contribution in [0.3, 0.4) is 0 Å². The van der Waals surface area contributed by atoms with E-state index in [1.54, 1.807) is 30.3 Å². The van der Waals surface area contributed by atoms with E-state index < -0.39 is 65.8 Å². The monoisotopic (exact) mass is 523 g/mol. The van der Waals surface area contributed by atoms with Gasteiger partial charge in [-0.15, -0.1) is 0 Å². The highest BCUT2D eigenvalue weighted by Gasteiger charge is 2.32. The number of nitrogens with one attached hydrogen (secondary N) is 3. The maximum Gasteiger partial charge on any atom is 0.328 e. The van der Waals surface area contributed by atoms with Gasteiger partial charge in [0.05, 0.1) is 12.1 Å². The zero-order chi connectivity index (χ0) is 28.1. The number of aliphatic carboxylic acids is 2. The lowest BCUT2D eigenvalue weighted by Crippen LogP contribution is -2.58. The van der Waals surface area contributed by atoms with Crippen molar-refractivity contribution in [2.45, 2.75) is 69.3 Å². The van der Waals surface area contributed by atoms with Crippen molar-refractivity contribution in [1.82, 2.24) is 16.0 Å². The number of carboxylic acid groups (broad SMARTS) is 2.